The summed E-state index contributed by atoms with van der Waals surface area (Å²) in [5, 5.41) is 0. The number of rotatable bonds is 13. The second kappa shape index (κ2) is 11.3. The molecule has 0 aromatic rings. The topological polar surface area (TPSA) is 54.0 Å². The van der Waals surface area contributed by atoms with E-state index in [0.29, 0.717) is 19.3 Å². The molecule has 0 aliphatic heterocycles. The smallest absolute Gasteiger partial charge is 0.396 e. The molecule has 35 heavy (non-hydrogen) atoms. The number of hydrogen-bond acceptors (Lipinski definition) is 5. The van der Waals surface area contributed by atoms with Crippen molar-refractivity contribution in [3.63, 3.8) is 0 Å². The molecule has 0 spiro atoms. The van der Waals surface area contributed by atoms with Gasteiger partial charge in [0, 0.05) is 6.42 Å². The van der Waals surface area contributed by atoms with Gasteiger partial charge in [0.15, 0.2) is 0 Å². The number of carbonyl (C=O) groups is 1. The van der Waals surface area contributed by atoms with Crippen LogP contribution in [0.5, 0.6) is 0 Å². The standard InChI is InChI=1S/C14H15F15O5Si/c1-2-3-4-5-6-7-8(30)31-10(17,18)9(15,16)11(19,20)35(32-12(21,22)23,33-13(24,25)26)34-14(27,28)29/h2-7H2,1H3. The average Bonchev–Trinajstić information content (AvgIpc) is 2.55. The SMILES string of the molecule is CCCCCCCC(=O)OC(F)(F)C(F)(F)C(F)(F)[Si](OC(F)(F)F)(OC(F)(F)F)OC(F)(F)F. The predicted octanol–water partition coefficient (Wildman–Crippen LogP) is 6.84. The lowest BCUT2D eigenvalue weighted by atomic mass is 10.1. The van der Waals surface area contributed by atoms with E-state index in [2.05, 4.69) is 4.74 Å². The molecule has 0 saturated carbocycles. The van der Waals surface area contributed by atoms with Crippen molar-refractivity contribution in [3.05, 3.63) is 0 Å². The van der Waals surface area contributed by atoms with Crippen molar-refractivity contribution in [3.8, 4) is 0 Å². The van der Waals surface area contributed by atoms with Crippen molar-refractivity contribution in [1.29, 1.82) is 0 Å². The summed E-state index contributed by atoms with van der Waals surface area (Å²) in [5.74, 6) is -10.1. The predicted molar refractivity (Wildman–Crippen MR) is 81.5 cm³/mol. The highest BCUT2D eigenvalue weighted by Gasteiger charge is 2.90. The first kappa shape index (κ1) is 33.5. The van der Waals surface area contributed by atoms with E-state index in [4.69, 9.17) is 0 Å². The molecule has 0 aliphatic rings. The van der Waals surface area contributed by atoms with Crippen LogP contribution in [-0.4, -0.2) is 51.4 Å². The summed E-state index contributed by atoms with van der Waals surface area (Å²) in [7, 11) is -9.40. The third-order valence-electron chi connectivity index (χ3n) is 3.62. The first-order valence-corrected chi connectivity index (χ1v) is 10.7. The van der Waals surface area contributed by atoms with Crippen molar-refractivity contribution in [2.45, 2.75) is 82.1 Å². The molecule has 0 aromatic heterocycles. The Kier molecular flexibility index (Phi) is 10.8. The monoisotopic (exact) mass is 576 g/mol. The van der Waals surface area contributed by atoms with Gasteiger partial charge in [-0.2, -0.15) is 26.3 Å². The quantitative estimate of drug-likeness (QED) is 0.104. The lowest BCUT2D eigenvalue weighted by Crippen LogP contribution is -2.75. The van der Waals surface area contributed by atoms with Gasteiger partial charge in [-0.3, -0.25) is 18.1 Å². The molecular weight excluding hydrogens is 561 g/mol. The van der Waals surface area contributed by atoms with E-state index in [1.807, 2.05) is 13.3 Å². The summed E-state index contributed by atoms with van der Waals surface area (Å²) in [6.45, 7) is 1.73. The van der Waals surface area contributed by atoms with Crippen molar-refractivity contribution in [1.82, 2.24) is 0 Å². The van der Waals surface area contributed by atoms with Gasteiger partial charge in [0.2, 0.25) is 0 Å². The summed E-state index contributed by atoms with van der Waals surface area (Å²) < 4.78 is 204. The minimum Gasteiger partial charge on any atom is -0.396 e. The zero-order valence-electron chi connectivity index (χ0n) is 17.0. The Labute approximate surface area is 186 Å². The number of carbonyl (C=O) groups excluding carboxylic acids is 1. The van der Waals surface area contributed by atoms with Gasteiger partial charge in [-0.15, -0.1) is 39.5 Å². The molecular formula is C14H15F15O5Si. The van der Waals surface area contributed by atoms with Gasteiger partial charge in [0.05, 0.1) is 0 Å². The second-order valence-corrected chi connectivity index (χ2v) is 8.86. The van der Waals surface area contributed by atoms with Crippen LogP contribution in [0.1, 0.15) is 45.4 Å². The van der Waals surface area contributed by atoms with E-state index in [-0.39, 0.29) is 12.8 Å². The summed E-state index contributed by atoms with van der Waals surface area (Å²) >= 11 is 0. The maximum absolute atomic E-state index is 14.2. The Balaban J connectivity index is 6.35. The minimum atomic E-state index is -9.40. The van der Waals surface area contributed by atoms with Crippen LogP contribution < -0.4 is 0 Å². The van der Waals surface area contributed by atoms with Crippen LogP contribution in [0.25, 0.3) is 0 Å². The number of hydrogen-bond donors (Lipinski definition) is 0. The van der Waals surface area contributed by atoms with Gasteiger partial charge in [-0.1, -0.05) is 32.6 Å². The molecule has 0 atom stereocenters. The maximum Gasteiger partial charge on any atom is 0.601 e. The fraction of sp³-hybridized carbons (Fsp3) is 0.929. The molecule has 0 aromatic carbocycles. The van der Waals surface area contributed by atoms with Crippen LogP contribution in [0, 0.1) is 0 Å². The molecule has 21 heteroatoms. The van der Waals surface area contributed by atoms with Crippen LogP contribution >= 0.6 is 0 Å². The summed E-state index contributed by atoms with van der Waals surface area (Å²) in [6, 6.07) is 0. The number of esters is 1. The Morgan fingerprint density at radius 1 is 0.629 bits per heavy atom. The van der Waals surface area contributed by atoms with Gasteiger partial charge in [-0.25, -0.2) is 0 Å². The third-order valence-corrected chi connectivity index (χ3v) is 6.20. The molecule has 0 radical (unpaired) electrons. The number of unbranched alkanes of at least 4 members (excludes halogenated alkanes) is 4. The highest BCUT2D eigenvalue weighted by molar-refractivity contribution is 6.64. The van der Waals surface area contributed by atoms with Crippen LogP contribution in [0.2, 0.25) is 0 Å². The molecule has 0 N–H and O–H groups in total. The van der Waals surface area contributed by atoms with Crippen LogP contribution in [0.3, 0.4) is 0 Å². The first-order chi connectivity index (χ1) is 15.3. The molecule has 0 saturated heterocycles. The Hall–Kier alpha value is -1.48. The molecule has 0 amide bonds. The van der Waals surface area contributed by atoms with Crippen LogP contribution in [0.4, 0.5) is 65.9 Å². The zero-order valence-corrected chi connectivity index (χ0v) is 18.0. The first-order valence-electron chi connectivity index (χ1n) is 8.98. The van der Waals surface area contributed by atoms with Gasteiger partial charge in [-0.05, 0) is 6.42 Å². The number of halogens is 15. The van der Waals surface area contributed by atoms with Gasteiger partial charge in [0.1, 0.15) is 0 Å². The van der Waals surface area contributed by atoms with Gasteiger partial charge in [0.25, 0.3) is 0 Å². The van der Waals surface area contributed by atoms with E-state index in [1.54, 1.807) is 6.92 Å². The highest BCUT2D eigenvalue weighted by atomic mass is 28.4. The molecule has 0 rings (SSSR count). The molecule has 0 bridgehead atoms. The van der Waals surface area contributed by atoms with Gasteiger partial charge < -0.3 is 4.74 Å². The molecule has 0 aliphatic carbocycles. The molecule has 5 nitrogen and oxygen atoms in total. The van der Waals surface area contributed by atoms with Crippen molar-refractivity contribution < 1.29 is 88.7 Å². The largest absolute Gasteiger partial charge is 0.601 e. The fourth-order valence-corrected chi connectivity index (χ4v) is 4.17. The molecule has 0 heterocycles. The Morgan fingerprint density at radius 2 is 1.00 bits per heavy atom. The van der Waals surface area contributed by atoms with E-state index in [9.17, 15) is 70.7 Å². The van der Waals surface area contributed by atoms with Crippen molar-refractivity contribution in [2.75, 3.05) is 0 Å². The maximum atomic E-state index is 14.2. The van der Waals surface area contributed by atoms with E-state index in [1.165, 1.54) is 0 Å². The van der Waals surface area contributed by atoms with Gasteiger partial charge >= 0.3 is 51.4 Å². The summed E-state index contributed by atoms with van der Waals surface area (Å²) in [5.41, 5.74) is -7.86. The minimum absolute atomic E-state index is 0.107. The third kappa shape index (κ3) is 9.83. The number of alkyl halides is 15. The molecule has 210 valence electrons. The highest BCUT2D eigenvalue weighted by Crippen LogP contribution is 2.54. The van der Waals surface area contributed by atoms with Crippen LogP contribution in [-0.2, 0) is 22.8 Å². The van der Waals surface area contributed by atoms with E-state index >= 15 is 0 Å². The normalized spacial score (nSPS) is 14.9. The lowest BCUT2D eigenvalue weighted by Gasteiger charge is -2.40. The van der Waals surface area contributed by atoms with E-state index in [0.717, 1.165) is 0 Å². The van der Waals surface area contributed by atoms with Crippen molar-refractivity contribution >= 4 is 14.8 Å². The lowest BCUT2D eigenvalue weighted by molar-refractivity contribution is -0.412. The molecule has 0 fully saturated rings. The summed E-state index contributed by atoms with van der Waals surface area (Å²) in [6.07, 6.45) is -27.9. The Bertz CT molecular complexity index is 648. The van der Waals surface area contributed by atoms with Crippen molar-refractivity contribution in [2.24, 2.45) is 0 Å². The summed E-state index contributed by atoms with van der Waals surface area (Å²) in [4.78, 5) is 11.3. The number of ether oxygens (including phenoxy) is 1. The average molecular weight is 576 g/mol. The second-order valence-electron chi connectivity index (χ2n) is 6.50. The fourth-order valence-electron chi connectivity index (χ4n) is 2.22. The van der Waals surface area contributed by atoms with E-state index < -0.39 is 57.9 Å². The van der Waals surface area contributed by atoms with Crippen LogP contribution in [0.15, 0.2) is 0 Å². The zero-order chi connectivity index (χ0) is 28.1. The Morgan fingerprint density at radius 3 is 1.34 bits per heavy atom. The molecule has 0 unspecified atom stereocenters.